The fourth-order valence-corrected chi connectivity index (χ4v) is 2.62. The Kier molecular flexibility index (Phi) is 4.44. The number of hydrogen-bond acceptors (Lipinski definition) is 3. The summed E-state index contributed by atoms with van der Waals surface area (Å²) in [6, 6.07) is 6.33. The van der Waals surface area contributed by atoms with Crippen LogP contribution in [0.3, 0.4) is 0 Å². The van der Waals surface area contributed by atoms with E-state index in [0.29, 0.717) is 19.5 Å². The van der Waals surface area contributed by atoms with Crippen LogP contribution in [0.15, 0.2) is 24.3 Å². The van der Waals surface area contributed by atoms with Crippen molar-refractivity contribution in [3.05, 3.63) is 30.1 Å². The number of carbonyl (C=O) groups is 1. The van der Waals surface area contributed by atoms with Crippen LogP contribution in [0.4, 0.5) is 14.9 Å². The number of piperidine rings is 1. The van der Waals surface area contributed by atoms with Gasteiger partial charge in [0.25, 0.3) is 0 Å². The molecule has 0 bridgehead atoms. The maximum Gasteiger partial charge on any atom is 0.407 e. The molecule has 1 aliphatic heterocycles. The fourth-order valence-electron chi connectivity index (χ4n) is 2.62. The van der Waals surface area contributed by atoms with Gasteiger partial charge in [0.05, 0.1) is 18.7 Å². The second-order valence-corrected chi connectivity index (χ2v) is 4.95. The normalized spacial score (nSPS) is 22.6. The van der Waals surface area contributed by atoms with Gasteiger partial charge in [0.15, 0.2) is 0 Å². The molecule has 1 heterocycles. The molecule has 6 heteroatoms. The Morgan fingerprint density at radius 3 is 2.65 bits per heavy atom. The number of anilines is 1. The van der Waals surface area contributed by atoms with E-state index in [1.165, 1.54) is 17.0 Å². The van der Waals surface area contributed by atoms with E-state index in [9.17, 15) is 9.18 Å². The van der Waals surface area contributed by atoms with E-state index in [1.807, 2.05) is 11.9 Å². The van der Waals surface area contributed by atoms with Crippen molar-refractivity contribution >= 4 is 11.8 Å². The van der Waals surface area contributed by atoms with Gasteiger partial charge in [-0.05, 0) is 30.7 Å². The highest BCUT2D eigenvalue weighted by Gasteiger charge is 2.34. The van der Waals surface area contributed by atoms with Crippen LogP contribution >= 0.6 is 0 Å². The van der Waals surface area contributed by atoms with E-state index in [-0.39, 0.29) is 18.0 Å². The number of methoxy groups -OCH3 is 1. The number of nitrogens with zero attached hydrogens (tertiary/aromatic N) is 2. The largest absolute Gasteiger partial charge is 0.465 e. The lowest BCUT2D eigenvalue weighted by atomic mass is 10.00. The molecule has 1 aromatic rings. The standard InChI is InChI=1S/C14H19FN2O3/c1-16(11-5-3-10(15)4-6-11)12-7-8-17(14(18)19)9-13(12)20-2/h3-6,12-13H,7-9H2,1-2H3,(H,18,19)/t12-,13+/m1/s1. The van der Waals surface area contributed by atoms with Crippen LogP contribution in [0.25, 0.3) is 0 Å². The minimum absolute atomic E-state index is 0.0704. The number of halogens is 1. The second kappa shape index (κ2) is 6.09. The van der Waals surface area contributed by atoms with E-state index in [2.05, 4.69) is 0 Å². The number of likely N-dealkylation sites (N-methyl/N-ethyl adjacent to an activating group) is 1. The maximum absolute atomic E-state index is 13.0. The number of benzene rings is 1. The van der Waals surface area contributed by atoms with Gasteiger partial charge in [-0.1, -0.05) is 0 Å². The Bertz CT molecular complexity index is 466. The average Bonchev–Trinajstić information content (AvgIpc) is 2.46. The third-order valence-electron chi connectivity index (χ3n) is 3.83. The van der Waals surface area contributed by atoms with E-state index in [1.54, 1.807) is 19.2 Å². The van der Waals surface area contributed by atoms with Crippen molar-refractivity contribution in [2.75, 3.05) is 32.1 Å². The van der Waals surface area contributed by atoms with Crippen molar-refractivity contribution in [1.29, 1.82) is 0 Å². The first kappa shape index (κ1) is 14.6. The Morgan fingerprint density at radius 1 is 1.45 bits per heavy atom. The average molecular weight is 282 g/mol. The summed E-state index contributed by atoms with van der Waals surface area (Å²) in [5.74, 6) is -0.272. The van der Waals surface area contributed by atoms with Crippen molar-refractivity contribution in [1.82, 2.24) is 4.90 Å². The molecule has 1 N–H and O–H groups in total. The topological polar surface area (TPSA) is 53.0 Å². The highest BCUT2D eigenvalue weighted by Crippen LogP contribution is 2.24. The lowest BCUT2D eigenvalue weighted by Gasteiger charge is -2.41. The Morgan fingerprint density at radius 2 is 2.10 bits per heavy atom. The third kappa shape index (κ3) is 3.01. The van der Waals surface area contributed by atoms with Gasteiger partial charge in [-0.2, -0.15) is 0 Å². The summed E-state index contributed by atoms with van der Waals surface area (Å²) in [5.41, 5.74) is 0.891. The maximum atomic E-state index is 13.0. The first-order valence-electron chi connectivity index (χ1n) is 6.52. The molecule has 0 aliphatic carbocycles. The number of ether oxygens (including phenoxy) is 1. The van der Waals surface area contributed by atoms with Gasteiger partial charge in [0.1, 0.15) is 5.82 Å². The summed E-state index contributed by atoms with van der Waals surface area (Å²) >= 11 is 0. The molecular weight excluding hydrogens is 263 g/mol. The number of likely N-dealkylation sites (tertiary alicyclic amines) is 1. The van der Waals surface area contributed by atoms with Crippen molar-refractivity contribution in [2.24, 2.45) is 0 Å². The molecule has 1 amide bonds. The van der Waals surface area contributed by atoms with Gasteiger partial charge < -0.3 is 19.6 Å². The van der Waals surface area contributed by atoms with Crippen molar-refractivity contribution in [3.63, 3.8) is 0 Å². The van der Waals surface area contributed by atoms with Crippen LogP contribution in [0.5, 0.6) is 0 Å². The molecule has 0 saturated carbocycles. The summed E-state index contributed by atoms with van der Waals surface area (Å²) < 4.78 is 18.4. The molecule has 1 saturated heterocycles. The monoisotopic (exact) mass is 282 g/mol. The van der Waals surface area contributed by atoms with E-state index < -0.39 is 6.09 Å². The lowest BCUT2D eigenvalue weighted by molar-refractivity contribution is 0.0187. The molecular formula is C14H19FN2O3. The number of amides is 1. The fraction of sp³-hybridized carbons (Fsp3) is 0.500. The molecule has 0 unspecified atom stereocenters. The molecule has 5 nitrogen and oxygen atoms in total. The highest BCUT2D eigenvalue weighted by molar-refractivity contribution is 5.65. The minimum Gasteiger partial charge on any atom is -0.465 e. The quantitative estimate of drug-likeness (QED) is 0.921. The zero-order valence-electron chi connectivity index (χ0n) is 11.6. The molecule has 1 fully saturated rings. The molecule has 20 heavy (non-hydrogen) atoms. The van der Waals surface area contributed by atoms with E-state index in [0.717, 1.165) is 5.69 Å². The number of rotatable bonds is 3. The summed E-state index contributed by atoms with van der Waals surface area (Å²) in [6.45, 7) is 0.827. The molecule has 110 valence electrons. The number of hydrogen-bond donors (Lipinski definition) is 1. The second-order valence-electron chi connectivity index (χ2n) is 4.95. The molecule has 2 rings (SSSR count). The summed E-state index contributed by atoms with van der Waals surface area (Å²) in [5, 5.41) is 9.04. The molecule has 0 radical (unpaired) electrons. The van der Waals surface area contributed by atoms with Gasteiger partial charge in [-0.25, -0.2) is 9.18 Å². The van der Waals surface area contributed by atoms with Gasteiger partial charge in [0.2, 0.25) is 0 Å². The van der Waals surface area contributed by atoms with Crippen LogP contribution < -0.4 is 4.90 Å². The predicted octanol–water partition coefficient (Wildman–Crippen LogP) is 2.03. The van der Waals surface area contributed by atoms with Crippen LogP contribution in [-0.4, -0.2) is 55.5 Å². The zero-order chi connectivity index (χ0) is 14.7. The minimum atomic E-state index is -0.921. The highest BCUT2D eigenvalue weighted by atomic mass is 19.1. The van der Waals surface area contributed by atoms with E-state index >= 15 is 0 Å². The molecule has 0 spiro atoms. The molecule has 0 aromatic heterocycles. The number of carboxylic acid groups (broad SMARTS) is 1. The molecule has 1 aliphatic rings. The van der Waals surface area contributed by atoms with Gasteiger partial charge in [-0.3, -0.25) is 0 Å². The van der Waals surface area contributed by atoms with Crippen LogP contribution in [0.1, 0.15) is 6.42 Å². The van der Waals surface area contributed by atoms with Crippen LogP contribution in [0, 0.1) is 5.82 Å². The molecule has 1 aromatic carbocycles. The van der Waals surface area contributed by atoms with Crippen molar-refractivity contribution in [2.45, 2.75) is 18.6 Å². The van der Waals surface area contributed by atoms with E-state index in [4.69, 9.17) is 9.84 Å². The Balaban J connectivity index is 2.11. The van der Waals surface area contributed by atoms with Crippen LogP contribution in [-0.2, 0) is 4.74 Å². The molecule has 2 atom stereocenters. The Hall–Kier alpha value is -1.82. The first-order chi connectivity index (χ1) is 9.52. The summed E-state index contributed by atoms with van der Waals surface area (Å²) in [6.07, 6.45) is -0.441. The summed E-state index contributed by atoms with van der Waals surface area (Å²) in [7, 11) is 3.50. The SMILES string of the molecule is CO[C@H]1CN(C(=O)O)CC[C@H]1N(C)c1ccc(F)cc1. The van der Waals surface area contributed by atoms with Crippen LogP contribution in [0.2, 0.25) is 0 Å². The summed E-state index contributed by atoms with van der Waals surface area (Å²) in [4.78, 5) is 14.4. The smallest absolute Gasteiger partial charge is 0.407 e. The predicted molar refractivity (Wildman–Crippen MR) is 73.6 cm³/mol. The van der Waals surface area contributed by atoms with Gasteiger partial charge in [0, 0.05) is 26.4 Å². The first-order valence-corrected chi connectivity index (χ1v) is 6.52. The van der Waals surface area contributed by atoms with Gasteiger partial charge in [-0.15, -0.1) is 0 Å². The van der Waals surface area contributed by atoms with Crippen molar-refractivity contribution < 1.29 is 19.0 Å². The zero-order valence-corrected chi connectivity index (χ0v) is 11.6. The Labute approximate surface area is 117 Å². The van der Waals surface area contributed by atoms with Gasteiger partial charge >= 0.3 is 6.09 Å². The van der Waals surface area contributed by atoms with Crippen molar-refractivity contribution in [3.8, 4) is 0 Å². The lowest BCUT2D eigenvalue weighted by Crippen LogP contribution is -2.55. The third-order valence-corrected chi connectivity index (χ3v) is 3.83.